The summed E-state index contributed by atoms with van der Waals surface area (Å²) in [5.41, 5.74) is 1.04. The Morgan fingerprint density at radius 3 is 2.37 bits per heavy atom. The first-order chi connectivity index (χ1) is 18.1. The van der Waals surface area contributed by atoms with Crippen LogP contribution in [-0.2, 0) is 26.2 Å². The third-order valence-corrected chi connectivity index (χ3v) is 8.46. The molecule has 0 aliphatic heterocycles. The van der Waals surface area contributed by atoms with Crippen molar-refractivity contribution in [3.05, 3.63) is 93.9 Å². The van der Waals surface area contributed by atoms with Crippen LogP contribution >= 0.6 is 27.5 Å². The van der Waals surface area contributed by atoms with Crippen molar-refractivity contribution >= 4 is 55.1 Å². The third-order valence-electron chi connectivity index (χ3n) is 5.95. The van der Waals surface area contributed by atoms with Crippen LogP contribution < -0.4 is 9.62 Å². The fourth-order valence-corrected chi connectivity index (χ4v) is 5.86. The van der Waals surface area contributed by atoms with Gasteiger partial charge in [-0.3, -0.25) is 13.9 Å². The molecule has 38 heavy (non-hydrogen) atoms. The topological polar surface area (TPSA) is 86.8 Å². The Kier molecular flexibility index (Phi) is 10.8. The Balaban J connectivity index is 1.99. The summed E-state index contributed by atoms with van der Waals surface area (Å²) in [4.78, 5) is 28.3. The molecule has 0 spiro atoms. The fourth-order valence-electron chi connectivity index (χ4n) is 3.83. The number of nitrogens with zero attached hydrogens (tertiary/aromatic N) is 2. The largest absolute Gasteiger partial charge is 0.354 e. The second kappa shape index (κ2) is 13.8. The highest BCUT2D eigenvalue weighted by Gasteiger charge is 2.32. The number of benzene rings is 3. The first-order valence-electron chi connectivity index (χ1n) is 12.3. The predicted octanol–water partition coefficient (Wildman–Crippen LogP) is 5.63. The number of carbonyl (C=O) groups is 2. The smallest absolute Gasteiger partial charge is 0.264 e. The Bertz CT molecular complexity index is 1350. The second-order valence-corrected chi connectivity index (χ2v) is 12.0. The molecule has 0 aliphatic carbocycles. The van der Waals surface area contributed by atoms with Crippen molar-refractivity contribution in [3.63, 3.8) is 0 Å². The Morgan fingerprint density at radius 2 is 1.71 bits per heavy atom. The van der Waals surface area contributed by atoms with Crippen LogP contribution in [0.5, 0.6) is 0 Å². The number of carbonyl (C=O) groups excluding carboxylic acids is 2. The van der Waals surface area contributed by atoms with Gasteiger partial charge in [-0.05, 0) is 61.4 Å². The Morgan fingerprint density at radius 1 is 1.00 bits per heavy atom. The quantitative estimate of drug-likeness (QED) is 0.266. The molecular formula is C28H31BrClN3O4S. The SMILES string of the molecule is CCCCNC(=O)C(C)N(Cc1cccc(Cl)c1)C(=O)CN(c1cccc(Br)c1)S(=O)(=O)c1ccccc1. The number of anilines is 1. The highest BCUT2D eigenvalue weighted by molar-refractivity contribution is 9.10. The van der Waals surface area contributed by atoms with Crippen molar-refractivity contribution in [2.24, 2.45) is 0 Å². The molecule has 202 valence electrons. The van der Waals surface area contributed by atoms with Crippen LogP contribution in [0.4, 0.5) is 5.69 Å². The molecule has 3 aromatic rings. The van der Waals surface area contributed by atoms with E-state index < -0.39 is 28.5 Å². The monoisotopic (exact) mass is 619 g/mol. The maximum absolute atomic E-state index is 13.9. The van der Waals surface area contributed by atoms with E-state index in [4.69, 9.17) is 11.6 Å². The predicted molar refractivity (Wildman–Crippen MR) is 154 cm³/mol. The van der Waals surface area contributed by atoms with E-state index in [9.17, 15) is 18.0 Å². The minimum Gasteiger partial charge on any atom is -0.354 e. The number of amides is 2. The lowest BCUT2D eigenvalue weighted by molar-refractivity contribution is -0.139. The van der Waals surface area contributed by atoms with E-state index in [-0.39, 0.29) is 17.3 Å². The van der Waals surface area contributed by atoms with E-state index in [1.54, 1.807) is 73.7 Å². The number of unbranched alkanes of at least 4 members (excludes halogenated alkanes) is 1. The van der Waals surface area contributed by atoms with Crippen LogP contribution in [0.3, 0.4) is 0 Å². The second-order valence-electron chi connectivity index (χ2n) is 8.78. The standard InChI is InChI=1S/C28H31BrClN3O4S/c1-3-4-16-31-28(35)21(2)32(19-22-10-8-12-24(30)17-22)27(34)20-33(25-13-9-11-23(29)18-25)38(36,37)26-14-6-5-7-15-26/h5-15,17-18,21H,3-4,16,19-20H2,1-2H3,(H,31,35). The Hall–Kier alpha value is -2.88. The molecule has 0 aliphatic rings. The maximum atomic E-state index is 13.9. The summed E-state index contributed by atoms with van der Waals surface area (Å²) >= 11 is 9.56. The number of sulfonamides is 1. The molecule has 3 aromatic carbocycles. The van der Waals surface area contributed by atoms with Crippen molar-refractivity contribution in [3.8, 4) is 0 Å². The van der Waals surface area contributed by atoms with E-state index in [0.717, 1.165) is 22.7 Å². The van der Waals surface area contributed by atoms with Crippen molar-refractivity contribution in [2.75, 3.05) is 17.4 Å². The molecule has 0 heterocycles. The first kappa shape index (κ1) is 29.7. The van der Waals surface area contributed by atoms with Gasteiger partial charge in [0.05, 0.1) is 10.6 Å². The van der Waals surface area contributed by atoms with Gasteiger partial charge < -0.3 is 10.2 Å². The molecule has 0 fully saturated rings. The molecule has 0 radical (unpaired) electrons. The lowest BCUT2D eigenvalue weighted by atomic mass is 10.1. The Labute approximate surface area is 238 Å². The molecule has 3 rings (SSSR count). The van der Waals surface area contributed by atoms with Crippen LogP contribution in [0.1, 0.15) is 32.3 Å². The van der Waals surface area contributed by atoms with Gasteiger partial charge in [-0.15, -0.1) is 0 Å². The van der Waals surface area contributed by atoms with E-state index >= 15 is 0 Å². The number of nitrogens with one attached hydrogen (secondary N) is 1. The zero-order chi connectivity index (χ0) is 27.7. The summed E-state index contributed by atoms with van der Waals surface area (Å²) in [7, 11) is -4.10. The lowest BCUT2D eigenvalue weighted by Crippen LogP contribution is -2.51. The summed E-state index contributed by atoms with van der Waals surface area (Å²) in [6, 6.07) is 20.8. The molecule has 7 nitrogen and oxygen atoms in total. The highest BCUT2D eigenvalue weighted by Crippen LogP contribution is 2.27. The van der Waals surface area contributed by atoms with Crippen LogP contribution in [0.15, 0.2) is 88.2 Å². The zero-order valence-electron chi connectivity index (χ0n) is 21.3. The van der Waals surface area contributed by atoms with Gasteiger partial charge in [0.2, 0.25) is 11.8 Å². The molecule has 0 saturated heterocycles. The molecule has 0 saturated carbocycles. The van der Waals surface area contributed by atoms with Crippen molar-refractivity contribution < 1.29 is 18.0 Å². The van der Waals surface area contributed by atoms with E-state index in [0.29, 0.717) is 21.7 Å². The van der Waals surface area contributed by atoms with Crippen LogP contribution in [0.25, 0.3) is 0 Å². The summed E-state index contributed by atoms with van der Waals surface area (Å²) in [5.74, 6) is -0.837. The van der Waals surface area contributed by atoms with Gasteiger partial charge in [0.25, 0.3) is 10.0 Å². The van der Waals surface area contributed by atoms with Gasteiger partial charge in [0.15, 0.2) is 0 Å². The molecule has 1 N–H and O–H groups in total. The molecule has 2 amide bonds. The third kappa shape index (κ3) is 7.82. The maximum Gasteiger partial charge on any atom is 0.264 e. The zero-order valence-corrected chi connectivity index (χ0v) is 24.5. The van der Waals surface area contributed by atoms with Gasteiger partial charge in [-0.25, -0.2) is 8.42 Å². The van der Waals surface area contributed by atoms with Crippen LogP contribution in [0.2, 0.25) is 5.02 Å². The molecule has 10 heteroatoms. The fraction of sp³-hybridized carbons (Fsp3) is 0.286. The number of hydrogen-bond donors (Lipinski definition) is 1. The van der Waals surface area contributed by atoms with E-state index in [1.165, 1.54) is 17.0 Å². The van der Waals surface area contributed by atoms with E-state index in [2.05, 4.69) is 21.2 Å². The first-order valence-corrected chi connectivity index (χ1v) is 14.9. The van der Waals surface area contributed by atoms with Crippen molar-refractivity contribution in [1.82, 2.24) is 10.2 Å². The van der Waals surface area contributed by atoms with Gasteiger partial charge >= 0.3 is 0 Å². The summed E-state index contributed by atoms with van der Waals surface area (Å²) in [6.45, 7) is 3.73. The van der Waals surface area contributed by atoms with Crippen LogP contribution in [-0.4, -0.2) is 44.3 Å². The van der Waals surface area contributed by atoms with Gasteiger partial charge in [0.1, 0.15) is 12.6 Å². The van der Waals surface area contributed by atoms with Crippen molar-refractivity contribution in [1.29, 1.82) is 0 Å². The molecule has 0 aromatic heterocycles. The lowest BCUT2D eigenvalue weighted by Gasteiger charge is -2.32. The van der Waals surface area contributed by atoms with Gasteiger partial charge in [-0.2, -0.15) is 0 Å². The summed E-state index contributed by atoms with van der Waals surface area (Å²) in [5, 5.41) is 3.37. The van der Waals surface area contributed by atoms with Gasteiger partial charge in [0, 0.05) is 22.6 Å². The van der Waals surface area contributed by atoms with Gasteiger partial charge in [-0.1, -0.05) is 77.3 Å². The average Bonchev–Trinajstić information content (AvgIpc) is 2.90. The summed E-state index contributed by atoms with van der Waals surface area (Å²) in [6.07, 6.45) is 1.73. The molecule has 0 bridgehead atoms. The number of hydrogen-bond acceptors (Lipinski definition) is 4. The minimum atomic E-state index is -4.10. The summed E-state index contributed by atoms with van der Waals surface area (Å²) < 4.78 is 29.2. The highest BCUT2D eigenvalue weighted by atomic mass is 79.9. The molecule has 1 atom stereocenters. The molecule has 1 unspecified atom stereocenters. The molecular weight excluding hydrogens is 590 g/mol. The number of halogens is 2. The van der Waals surface area contributed by atoms with E-state index in [1.807, 2.05) is 6.92 Å². The normalized spacial score (nSPS) is 12.0. The minimum absolute atomic E-state index is 0.0551. The number of rotatable bonds is 12. The average molecular weight is 621 g/mol. The van der Waals surface area contributed by atoms with Crippen molar-refractivity contribution in [2.45, 2.75) is 44.2 Å². The van der Waals surface area contributed by atoms with Crippen LogP contribution in [0, 0.1) is 0 Å².